The fourth-order valence-corrected chi connectivity index (χ4v) is 3.72. The lowest BCUT2D eigenvalue weighted by molar-refractivity contribution is 0.0635. The van der Waals surface area contributed by atoms with E-state index in [-0.39, 0.29) is 6.61 Å². The number of aromatic nitrogens is 5. The summed E-state index contributed by atoms with van der Waals surface area (Å²) in [7, 11) is 1.68. The fraction of sp³-hybridized carbons (Fsp3) is 0.231. The number of rotatable bonds is 8. The molecule has 39 heavy (non-hydrogen) atoms. The first-order valence-corrected chi connectivity index (χ1v) is 12.5. The molecule has 202 valence electrons. The van der Waals surface area contributed by atoms with Crippen molar-refractivity contribution in [3.8, 4) is 11.5 Å². The second kappa shape index (κ2) is 12.1. The summed E-state index contributed by atoms with van der Waals surface area (Å²) in [4.78, 5) is 22.1. The highest BCUT2D eigenvalue weighted by Gasteiger charge is 2.21. The van der Waals surface area contributed by atoms with E-state index in [0.29, 0.717) is 50.2 Å². The molecule has 0 saturated carbocycles. The van der Waals surface area contributed by atoms with E-state index in [9.17, 15) is 4.79 Å². The van der Waals surface area contributed by atoms with Gasteiger partial charge in [0, 0.05) is 12.1 Å². The zero-order valence-electron chi connectivity index (χ0n) is 21.6. The van der Waals surface area contributed by atoms with Crippen molar-refractivity contribution in [3.05, 3.63) is 87.8 Å². The number of carbonyl (C=O) groups is 1. The van der Waals surface area contributed by atoms with E-state index in [0.717, 1.165) is 0 Å². The smallest absolute Gasteiger partial charge is 0.413 e. The zero-order valence-corrected chi connectivity index (χ0v) is 23.1. The van der Waals surface area contributed by atoms with Crippen molar-refractivity contribution in [2.24, 2.45) is 12.2 Å². The molecule has 13 heteroatoms. The van der Waals surface area contributed by atoms with Gasteiger partial charge in [-0.1, -0.05) is 46.6 Å². The van der Waals surface area contributed by atoms with Crippen LogP contribution in [0.25, 0.3) is 0 Å². The highest BCUT2D eigenvalue weighted by atomic mass is 35.5. The highest BCUT2D eigenvalue weighted by Crippen LogP contribution is 2.33. The highest BCUT2D eigenvalue weighted by molar-refractivity contribution is 6.35. The monoisotopic (exact) mass is 569 g/mol. The number of aryl methyl sites for hydroxylation is 1. The van der Waals surface area contributed by atoms with Gasteiger partial charge >= 0.3 is 6.09 Å². The first-order chi connectivity index (χ1) is 18.6. The molecule has 0 atom stereocenters. The molecule has 2 aromatic carbocycles. The summed E-state index contributed by atoms with van der Waals surface area (Å²) in [5, 5.41) is 19.5. The molecule has 1 N–H and O–H groups in total. The molecule has 4 aromatic rings. The number of nitrogens with zero attached hydrogens (tertiary/aromatic N) is 6. The molecule has 0 bridgehead atoms. The minimum atomic E-state index is -0.635. The summed E-state index contributed by atoms with van der Waals surface area (Å²) in [6.07, 6.45) is -0.611. The summed E-state index contributed by atoms with van der Waals surface area (Å²) in [5.74, 6) is 1.49. The summed E-state index contributed by atoms with van der Waals surface area (Å²) in [6.45, 7) is 5.32. The molecule has 0 unspecified atom stereocenters. The predicted octanol–water partition coefficient (Wildman–Crippen LogP) is 6.02. The van der Waals surface area contributed by atoms with Gasteiger partial charge in [0.15, 0.2) is 12.3 Å². The van der Waals surface area contributed by atoms with E-state index in [4.69, 9.17) is 37.5 Å². The van der Waals surface area contributed by atoms with Crippen molar-refractivity contribution < 1.29 is 19.1 Å². The number of benzene rings is 2. The molecular weight excluding hydrogens is 545 g/mol. The van der Waals surface area contributed by atoms with Crippen molar-refractivity contribution >= 4 is 40.8 Å². The van der Waals surface area contributed by atoms with Crippen LogP contribution in [0.2, 0.25) is 10.0 Å². The number of pyridine rings is 1. The fourth-order valence-electron chi connectivity index (χ4n) is 3.27. The number of para-hydroxylation sites is 1. The summed E-state index contributed by atoms with van der Waals surface area (Å²) in [6, 6.07) is 17.2. The second-order valence-electron chi connectivity index (χ2n) is 9.15. The topological polar surface area (TPSA) is 126 Å². The van der Waals surface area contributed by atoms with Gasteiger partial charge in [-0.3, -0.25) is 5.32 Å². The van der Waals surface area contributed by atoms with E-state index in [2.05, 4.69) is 31.0 Å². The predicted molar refractivity (Wildman–Crippen MR) is 146 cm³/mol. The lowest BCUT2D eigenvalue weighted by Crippen LogP contribution is -2.27. The summed E-state index contributed by atoms with van der Waals surface area (Å²) in [5.41, 5.74) is 0.741. The van der Waals surface area contributed by atoms with E-state index < -0.39 is 11.7 Å². The third-order valence-corrected chi connectivity index (χ3v) is 5.42. The Hall–Kier alpha value is -4.22. The number of carbonyl (C=O) groups excluding carboxylic acids is 1. The molecule has 1 amide bonds. The Morgan fingerprint density at radius 1 is 1.05 bits per heavy atom. The maximum Gasteiger partial charge on any atom is 0.413 e. The number of nitrogens with one attached hydrogen (secondary N) is 1. The van der Waals surface area contributed by atoms with Gasteiger partial charge in [-0.05, 0) is 73.7 Å². The van der Waals surface area contributed by atoms with Crippen molar-refractivity contribution in [2.75, 3.05) is 5.32 Å². The van der Waals surface area contributed by atoms with Gasteiger partial charge in [-0.25, -0.2) is 14.5 Å². The molecule has 0 aliphatic rings. The first-order valence-electron chi connectivity index (χ1n) is 11.7. The standard InChI is InChI=1S/C26H25Cl2N7O4/c1-26(2,3)39-25(36)30-22-11-7-8-17(29-22)15-37-32-23(24-31-33-34-35(24)4)18-9-5-6-10-20(18)38-21-13-12-16(27)14-19(21)28/h5-14H,15H2,1-4H3,(H,29,30,36)/b32-23-. The lowest BCUT2D eigenvalue weighted by Gasteiger charge is -2.19. The van der Waals surface area contributed by atoms with Crippen LogP contribution in [-0.2, 0) is 23.2 Å². The number of tetrazole rings is 1. The molecule has 0 spiro atoms. The molecule has 0 fully saturated rings. The maximum atomic E-state index is 12.1. The minimum Gasteiger partial charge on any atom is -0.455 e. The van der Waals surface area contributed by atoms with E-state index in [1.165, 1.54) is 4.68 Å². The summed E-state index contributed by atoms with van der Waals surface area (Å²) < 4.78 is 12.8. The number of anilines is 1. The van der Waals surface area contributed by atoms with Crippen molar-refractivity contribution in [1.82, 2.24) is 25.2 Å². The van der Waals surface area contributed by atoms with Crippen molar-refractivity contribution in [3.63, 3.8) is 0 Å². The summed E-state index contributed by atoms with van der Waals surface area (Å²) >= 11 is 12.3. The van der Waals surface area contributed by atoms with E-state index in [1.807, 2.05) is 12.1 Å². The molecule has 0 saturated heterocycles. The van der Waals surface area contributed by atoms with Crippen LogP contribution in [0.4, 0.5) is 10.6 Å². The minimum absolute atomic E-state index is 0.00927. The van der Waals surface area contributed by atoms with Crippen LogP contribution in [0.3, 0.4) is 0 Å². The van der Waals surface area contributed by atoms with Gasteiger partial charge in [0.05, 0.1) is 16.3 Å². The largest absolute Gasteiger partial charge is 0.455 e. The van der Waals surface area contributed by atoms with Gasteiger partial charge in [-0.15, -0.1) is 5.10 Å². The van der Waals surface area contributed by atoms with E-state index >= 15 is 0 Å². The van der Waals surface area contributed by atoms with Crippen LogP contribution in [0.15, 0.2) is 65.8 Å². The van der Waals surface area contributed by atoms with Crippen LogP contribution in [0, 0.1) is 0 Å². The van der Waals surface area contributed by atoms with Crippen LogP contribution >= 0.6 is 23.2 Å². The first kappa shape index (κ1) is 27.8. The average molecular weight is 570 g/mol. The van der Waals surface area contributed by atoms with Gasteiger partial charge in [0.25, 0.3) is 0 Å². The number of halogens is 2. The Balaban J connectivity index is 1.58. The quantitative estimate of drug-likeness (QED) is 0.201. The number of hydrogen-bond acceptors (Lipinski definition) is 9. The van der Waals surface area contributed by atoms with Crippen LogP contribution in [0.5, 0.6) is 11.5 Å². The SMILES string of the molecule is Cn1nnnc1/C(=N\OCc1cccc(NC(=O)OC(C)(C)C)n1)c1ccccc1Oc1ccc(Cl)cc1Cl. The maximum absolute atomic E-state index is 12.1. The van der Waals surface area contributed by atoms with Crippen LogP contribution < -0.4 is 10.1 Å². The number of ether oxygens (including phenoxy) is 2. The molecule has 0 aliphatic carbocycles. The molecule has 11 nitrogen and oxygen atoms in total. The van der Waals surface area contributed by atoms with Crippen molar-refractivity contribution in [1.29, 1.82) is 0 Å². The molecule has 2 aromatic heterocycles. The van der Waals surface area contributed by atoms with Gasteiger partial charge in [0.2, 0.25) is 5.82 Å². The Labute approximate surface area is 234 Å². The molecular formula is C26H25Cl2N7O4. The van der Waals surface area contributed by atoms with E-state index in [1.54, 1.807) is 76.3 Å². The van der Waals surface area contributed by atoms with Crippen LogP contribution in [0.1, 0.15) is 37.9 Å². The van der Waals surface area contributed by atoms with Gasteiger partial charge < -0.3 is 14.3 Å². The number of hydrogen-bond donors (Lipinski definition) is 1. The second-order valence-corrected chi connectivity index (χ2v) is 10.00. The molecule has 2 heterocycles. The Kier molecular flexibility index (Phi) is 8.62. The lowest BCUT2D eigenvalue weighted by atomic mass is 10.1. The Morgan fingerprint density at radius 2 is 1.85 bits per heavy atom. The molecule has 0 radical (unpaired) electrons. The third-order valence-electron chi connectivity index (χ3n) is 4.89. The third kappa shape index (κ3) is 7.65. The molecule has 4 rings (SSSR count). The zero-order chi connectivity index (χ0) is 28.0. The van der Waals surface area contributed by atoms with Crippen LogP contribution in [-0.4, -0.2) is 42.6 Å². The number of amides is 1. The van der Waals surface area contributed by atoms with Gasteiger partial charge in [0.1, 0.15) is 22.9 Å². The Morgan fingerprint density at radius 3 is 2.56 bits per heavy atom. The van der Waals surface area contributed by atoms with Crippen molar-refractivity contribution in [2.45, 2.75) is 33.0 Å². The molecule has 0 aliphatic heterocycles. The Bertz CT molecular complexity index is 1500. The van der Waals surface area contributed by atoms with Gasteiger partial charge in [-0.2, -0.15) is 0 Å². The number of oxime groups is 1. The average Bonchev–Trinajstić information content (AvgIpc) is 3.28. The normalized spacial score (nSPS) is 11.7.